The third kappa shape index (κ3) is 6.26. The summed E-state index contributed by atoms with van der Waals surface area (Å²) in [6.07, 6.45) is 2.29. The Kier molecular flexibility index (Phi) is 7.05. The molecular weight excluding hydrogens is 280 g/mol. The Morgan fingerprint density at radius 1 is 1.00 bits per heavy atom. The number of benzene rings is 1. The van der Waals surface area contributed by atoms with Crippen LogP contribution in [-0.4, -0.2) is 30.1 Å². The van der Waals surface area contributed by atoms with Crippen LogP contribution >= 0.6 is 0 Å². The van der Waals surface area contributed by atoms with Crippen LogP contribution in [0.5, 0.6) is 0 Å². The van der Waals surface area contributed by atoms with E-state index in [4.69, 9.17) is 5.11 Å². The molecule has 0 bridgehead atoms. The van der Waals surface area contributed by atoms with Gasteiger partial charge in [-0.3, -0.25) is 9.59 Å². The van der Waals surface area contributed by atoms with E-state index in [1.807, 2.05) is 12.1 Å². The Labute approximate surface area is 132 Å². The topological polar surface area (TPSA) is 78.4 Å². The molecule has 2 amide bonds. The standard InChI is InChI=1S/C17H26N2O3/c1-17(2,3)13-7-9-14(10-8-13)19-16(22)15(21)18-11-5-4-6-12-20/h7-10,20H,4-6,11-12H2,1-3H3,(H,18,21)(H,19,22). The molecule has 1 aromatic rings. The van der Waals surface area contributed by atoms with Crippen molar-refractivity contribution in [1.82, 2.24) is 5.32 Å². The van der Waals surface area contributed by atoms with Crippen LogP contribution in [0.15, 0.2) is 24.3 Å². The summed E-state index contributed by atoms with van der Waals surface area (Å²) in [5.74, 6) is -1.30. The summed E-state index contributed by atoms with van der Waals surface area (Å²) < 4.78 is 0. The van der Waals surface area contributed by atoms with Crippen LogP contribution in [0.25, 0.3) is 0 Å². The third-order valence-corrected chi connectivity index (χ3v) is 3.34. The number of aliphatic hydroxyl groups excluding tert-OH is 1. The number of unbranched alkanes of at least 4 members (excludes halogenated alkanes) is 2. The smallest absolute Gasteiger partial charge is 0.313 e. The first-order valence-corrected chi connectivity index (χ1v) is 7.65. The second kappa shape index (κ2) is 8.54. The molecule has 0 unspecified atom stereocenters. The summed E-state index contributed by atoms with van der Waals surface area (Å²) in [5, 5.41) is 13.8. The van der Waals surface area contributed by atoms with Gasteiger partial charge in [-0.05, 0) is 42.4 Å². The first-order chi connectivity index (χ1) is 10.3. The first-order valence-electron chi connectivity index (χ1n) is 7.65. The van der Waals surface area contributed by atoms with E-state index in [1.165, 1.54) is 5.56 Å². The molecule has 122 valence electrons. The zero-order valence-corrected chi connectivity index (χ0v) is 13.6. The maximum atomic E-state index is 11.8. The van der Waals surface area contributed by atoms with E-state index in [9.17, 15) is 9.59 Å². The quantitative estimate of drug-likeness (QED) is 0.557. The lowest BCUT2D eigenvalue weighted by Gasteiger charge is -2.19. The maximum Gasteiger partial charge on any atom is 0.313 e. The molecule has 3 N–H and O–H groups in total. The molecule has 0 spiro atoms. The molecule has 0 radical (unpaired) electrons. The molecule has 5 heteroatoms. The molecule has 0 aliphatic carbocycles. The van der Waals surface area contributed by atoms with E-state index in [0.717, 1.165) is 12.8 Å². The average Bonchev–Trinajstić information content (AvgIpc) is 2.46. The highest BCUT2D eigenvalue weighted by Gasteiger charge is 2.15. The molecule has 0 aliphatic heterocycles. The predicted octanol–water partition coefficient (Wildman–Crippen LogP) is 2.20. The van der Waals surface area contributed by atoms with Gasteiger partial charge in [-0.1, -0.05) is 32.9 Å². The van der Waals surface area contributed by atoms with Crippen molar-refractivity contribution in [3.63, 3.8) is 0 Å². The molecule has 0 heterocycles. The van der Waals surface area contributed by atoms with Gasteiger partial charge in [-0.25, -0.2) is 0 Å². The van der Waals surface area contributed by atoms with Gasteiger partial charge < -0.3 is 15.7 Å². The second-order valence-electron chi connectivity index (χ2n) is 6.32. The molecule has 1 aromatic carbocycles. The lowest BCUT2D eigenvalue weighted by Crippen LogP contribution is -2.35. The van der Waals surface area contributed by atoms with Gasteiger partial charge in [0.05, 0.1) is 0 Å². The van der Waals surface area contributed by atoms with Crippen molar-refractivity contribution >= 4 is 17.5 Å². The number of carbonyl (C=O) groups excluding carboxylic acids is 2. The van der Waals surface area contributed by atoms with E-state index >= 15 is 0 Å². The fourth-order valence-corrected chi connectivity index (χ4v) is 1.94. The minimum Gasteiger partial charge on any atom is -0.396 e. The van der Waals surface area contributed by atoms with Gasteiger partial charge in [0, 0.05) is 18.8 Å². The number of hydrogen-bond donors (Lipinski definition) is 3. The fraction of sp³-hybridized carbons (Fsp3) is 0.529. The van der Waals surface area contributed by atoms with Crippen molar-refractivity contribution in [3.05, 3.63) is 29.8 Å². The predicted molar refractivity (Wildman–Crippen MR) is 87.7 cm³/mol. The van der Waals surface area contributed by atoms with E-state index in [0.29, 0.717) is 18.7 Å². The van der Waals surface area contributed by atoms with Gasteiger partial charge in [-0.15, -0.1) is 0 Å². The van der Waals surface area contributed by atoms with Crippen molar-refractivity contribution in [3.8, 4) is 0 Å². The van der Waals surface area contributed by atoms with Crippen LogP contribution in [-0.2, 0) is 15.0 Å². The number of nitrogens with one attached hydrogen (secondary N) is 2. The SMILES string of the molecule is CC(C)(C)c1ccc(NC(=O)C(=O)NCCCCCO)cc1. The molecule has 0 saturated carbocycles. The van der Waals surface area contributed by atoms with Crippen LogP contribution < -0.4 is 10.6 Å². The molecule has 22 heavy (non-hydrogen) atoms. The minimum absolute atomic E-state index is 0.0501. The second-order valence-corrected chi connectivity index (χ2v) is 6.32. The van der Waals surface area contributed by atoms with Crippen LogP contribution in [0.2, 0.25) is 0 Å². The highest BCUT2D eigenvalue weighted by molar-refractivity contribution is 6.39. The van der Waals surface area contributed by atoms with Crippen molar-refractivity contribution in [2.24, 2.45) is 0 Å². The number of anilines is 1. The minimum atomic E-state index is -0.661. The lowest BCUT2D eigenvalue weighted by atomic mass is 9.87. The number of aliphatic hydroxyl groups is 1. The van der Waals surface area contributed by atoms with Gasteiger partial charge >= 0.3 is 11.8 Å². The summed E-state index contributed by atoms with van der Waals surface area (Å²) in [6.45, 7) is 6.94. The van der Waals surface area contributed by atoms with E-state index in [1.54, 1.807) is 12.1 Å². The summed E-state index contributed by atoms with van der Waals surface area (Å²) in [4.78, 5) is 23.4. The van der Waals surface area contributed by atoms with Gasteiger partial charge in [0.2, 0.25) is 0 Å². The number of amides is 2. The summed E-state index contributed by atoms with van der Waals surface area (Å²) >= 11 is 0. The Hall–Kier alpha value is -1.88. The largest absolute Gasteiger partial charge is 0.396 e. The average molecular weight is 306 g/mol. The Morgan fingerprint density at radius 2 is 1.64 bits per heavy atom. The maximum absolute atomic E-state index is 11.8. The van der Waals surface area contributed by atoms with Crippen LogP contribution in [0.3, 0.4) is 0 Å². The van der Waals surface area contributed by atoms with Crippen LogP contribution in [0.4, 0.5) is 5.69 Å². The summed E-state index contributed by atoms with van der Waals surface area (Å²) in [6, 6.07) is 7.49. The van der Waals surface area contributed by atoms with E-state index in [2.05, 4.69) is 31.4 Å². The summed E-state index contributed by atoms with van der Waals surface area (Å²) in [5.41, 5.74) is 1.82. The Balaban J connectivity index is 2.42. The molecule has 0 atom stereocenters. The van der Waals surface area contributed by atoms with Crippen LogP contribution in [0.1, 0.15) is 45.6 Å². The van der Waals surface area contributed by atoms with Gasteiger partial charge in [0.25, 0.3) is 0 Å². The number of hydrogen-bond acceptors (Lipinski definition) is 3. The Bertz CT molecular complexity index is 490. The molecule has 0 fully saturated rings. The van der Waals surface area contributed by atoms with Crippen molar-refractivity contribution in [2.45, 2.75) is 45.4 Å². The molecule has 1 rings (SSSR count). The molecule has 5 nitrogen and oxygen atoms in total. The molecule has 0 aromatic heterocycles. The highest BCUT2D eigenvalue weighted by Crippen LogP contribution is 2.23. The normalized spacial score (nSPS) is 11.1. The van der Waals surface area contributed by atoms with Gasteiger partial charge in [-0.2, -0.15) is 0 Å². The van der Waals surface area contributed by atoms with Gasteiger partial charge in [0.15, 0.2) is 0 Å². The molecular formula is C17H26N2O3. The van der Waals surface area contributed by atoms with Gasteiger partial charge in [0.1, 0.15) is 0 Å². The number of rotatable bonds is 6. The lowest BCUT2D eigenvalue weighted by molar-refractivity contribution is -0.136. The zero-order valence-electron chi connectivity index (χ0n) is 13.6. The Morgan fingerprint density at radius 3 is 2.18 bits per heavy atom. The highest BCUT2D eigenvalue weighted by atomic mass is 16.3. The molecule has 0 aliphatic rings. The van der Waals surface area contributed by atoms with Crippen molar-refractivity contribution in [1.29, 1.82) is 0 Å². The molecule has 0 saturated heterocycles. The van der Waals surface area contributed by atoms with Crippen LogP contribution in [0, 0.1) is 0 Å². The van der Waals surface area contributed by atoms with E-state index < -0.39 is 11.8 Å². The fourth-order valence-electron chi connectivity index (χ4n) is 1.94. The first kappa shape index (κ1) is 18.2. The monoisotopic (exact) mass is 306 g/mol. The van der Waals surface area contributed by atoms with Crippen molar-refractivity contribution < 1.29 is 14.7 Å². The zero-order chi connectivity index (χ0) is 16.6. The number of carbonyl (C=O) groups is 2. The van der Waals surface area contributed by atoms with E-state index in [-0.39, 0.29) is 12.0 Å². The third-order valence-electron chi connectivity index (χ3n) is 3.34. The summed E-state index contributed by atoms with van der Waals surface area (Å²) in [7, 11) is 0. The van der Waals surface area contributed by atoms with Crippen molar-refractivity contribution in [2.75, 3.05) is 18.5 Å².